The predicted molar refractivity (Wildman–Crippen MR) is 104 cm³/mol. The van der Waals surface area contributed by atoms with Gasteiger partial charge in [-0.1, -0.05) is 25.1 Å². The lowest BCUT2D eigenvalue weighted by molar-refractivity contribution is -0.136. The fourth-order valence-electron chi connectivity index (χ4n) is 3.79. The van der Waals surface area contributed by atoms with Crippen molar-refractivity contribution in [1.29, 1.82) is 0 Å². The molecule has 2 atom stereocenters. The van der Waals surface area contributed by atoms with Crippen molar-refractivity contribution in [3.63, 3.8) is 0 Å². The van der Waals surface area contributed by atoms with Crippen molar-refractivity contribution in [2.45, 2.75) is 17.1 Å². The minimum absolute atomic E-state index is 0.0515. The number of carbonyl (C=O) groups excluding carboxylic acids is 2. The number of ether oxygens (including phenoxy) is 2. The minimum atomic E-state index is -3.98. The van der Waals surface area contributed by atoms with Crippen LogP contribution in [0.25, 0.3) is 5.76 Å². The van der Waals surface area contributed by atoms with Gasteiger partial charge in [0.1, 0.15) is 11.5 Å². The van der Waals surface area contributed by atoms with E-state index in [0.717, 1.165) is 7.11 Å². The highest BCUT2D eigenvalue weighted by Crippen LogP contribution is 2.47. The smallest absolute Gasteiger partial charge is 0.354 e. The molecule has 0 bridgehead atoms. The molecule has 29 heavy (non-hydrogen) atoms. The van der Waals surface area contributed by atoms with Crippen molar-refractivity contribution in [3.05, 3.63) is 58.9 Å². The Morgan fingerprint density at radius 2 is 1.66 bits per heavy atom. The SMILES string of the molecule is COC(=O)C1=C(O)c2c(cc(C(=O)OC)n2C)[C@H](S(=O)(=O)c2ccccc2)[C@H]1C. The van der Waals surface area contributed by atoms with Gasteiger partial charge in [-0.25, -0.2) is 18.0 Å². The van der Waals surface area contributed by atoms with Crippen LogP contribution in [0.15, 0.2) is 46.9 Å². The molecule has 1 aromatic carbocycles. The van der Waals surface area contributed by atoms with Gasteiger partial charge in [-0.3, -0.25) is 0 Å². The summed E-state index contributed by atoms with van der Waals surface area (Å²) in [4.78, 5) is 24.6. The van der Waals surface area contributed by atoms with E-state index in [1.807, 2.05) is 0 Å². The van der Waals surface area contributed by atoms with Crippen LogP contribution in [0.3, 0.4) is 0 Å². The zero-order chi connectivity index (χ0) is 21.5. The molecule has 0 radical (unpaired) electrons. The molecular formula is C20H21NO7S. The topological polar surface area (TPSA) is 112 Å². The van der Waals surface area contributed by atoms with Crippen LogP contribution in [-0.4, -0.2) is 44.2 Å². The van der Waals surface area contributed by atoms with Crippen molar-refractivity contribution in [3.8, 4) is 0 Å². The highest BCUT2D eigenvalue weighted by Gasteiger charge is 2.46. The van der Waals surface area contributed by atoms with E-state index >= 15 is 0 Å². The average Bonchev–Trinajstić information content (AvgIpc) is 3.04. The molecule has 1 N–H and O–H groups in total. The van der Waals surface area contributed by atoms with E-state index in [4.69, 9.17) is 9.47 Å². The molecule has 154 valence electrons. The van der Waals surface area contributed by atoms with E-state index < -0.39 is 38.7 Å². The highest BCUT2D eigenvalue weighted by atomic mass is 32.2. The quantitative estimate of drug-likeness (QED) is 0.758. The predicted octanol–water partition coefficient (Wildman–Crippen LogP) is 2.42. The Balaban J connectivity index is 2.35. The van der Waals surface area contributed by atoms with Gasteiger partial charge < -0.3 is 19.1 Å². The van der Waals surface area contributed by atoms with Crippen LogP contribution in [-0.2, 0) is 31.2 Å². The minimum Gasteiger partial charge on any atom is -0.505 e. The van der Waals surface area contributed by atoms with Gasteiger partial charge in [0.25, 0.3) is 0 Å². The third kappa shape index (κ3) is 3.11. The van der Waals surface area contributed by atoms with Crippen LogP contribution in [0.1, 0.15) is 33.9 Å². The number of aromatic nitrogens is 1. The van der Waals surface area contributed by atoms with Crippen molar-refractivity contribution in [2.24, 2.45) is 13.0 Å². The highest BCUT2D eigenvalue weighted by molar-refractivity contribution is 7.91. The number of nitrogens with zero attached hydrogens (tertiary/aromatic N) is 1. The summed E-state index contributed by atoms with van der Waals surface area (Å²) in [5.74, 6) is -2.88. The number of hydrogen-bond donors (Lipinski definition) is 1. The number of fused-ring (bicyclic) bond motifs is 1. The standard InChI is InChI=1S/C20H21NO7S/c1-11-15(20(24)28-4)17(22)16-13(10-14(21(16)2)19(23)27-3)18(11)29(25,26)12-8-6-5-7-9-12/h5-11,18,22H,1-4H3/t11-,18+/m0/s1. The third-order valence-corrected chi connectivity index (χ3v) is 7.42. The Morgan fingerprint density at radius 1 is 1.07 bits per heavy atom. The summed E-state index contributed by atoms with van der Waals surface area (Å²) >= 11 is 0. The molecule has 1 aliphatic carbocycles. The van der Waals surface area contributed by atoms with Gasteiger partial charge in [0.2, 0.25) is 0 Å². The zero-order valence-electron chi connectivity index (χ0n) is 16.4. The number of methoxy groups -OCH3 is 2. The number of sulfone groups is 1. The monoisotopic (exact) mass is 419 g/mol. The van der Waals surface area contributed by atoms with Crippen molar-refractivity contribution in [1.82, 2.24) is 4.57 Å². The summed E-state index contributed by atoms with van der Waals surface area (Å²) in [5.41, 5.74) is 0.167. The van der Waals surface area contributed by atoms with Crippen molar-refractivity contribution >= 4 is 27.5 Å². The molecule has 0 amide bonds. The van der Waals surface area contributed by atoms with Crippen LogP contribution in [0.4, 0.5) is 0 Å². The molecule has 2 aromatic rings. The Labute approximate surface area is 168 Å². The summed E-state index contributed by atoms with van der Waals surface area (Å²) in [6.45, 7) is 1.53. The molecule has 1 heterocycles. The lowest BCUT2D eigenvalue weighted by Gasteiger charge is -2.30. The molecule has 8 nitrogen and oxygen atoms in total. The maximum absolute atomic E-state index is 13.5. The fraction of sp³-hybridized carbons (Fsp3) is 0.300. The van der Waals surface area contributed by atoms with E-state index in [1.54, 1.807) is 18.2 Å². The van der Waals surface area contributed by atoms with E-state index in [9.17, 15) is 23.1 Å². The number of aliphatic hydroxyl groups is 1. The van der Waals surface area contributed by atoms with Crippen LogP contribution in [0.2, 0.25) is 0 Å². The van der Waals surface area contributed by atoms with Crippen molar-refractivity contribution < 1.29 is 32.6 Å². The van der Waals surface area contributed by atoms with Gasteiger partial charge in [0.05, 0.1) is 35.6 Å². The maximum Gasteiger partial charge on any atom is 0.354 e. The second-order valence-electron chi connectivity index (χ2n) is 6.71. The number of aliphatic hydroxyl groups excluding tert-OH is 1. The van der Waals surface area contributed by atoms with E-state index in [1.165, 1.54) is 43.8 Å². The molecule has 0 aliphatic heterocycles. The summed E-state index contributed by atoms with van der Waals surface area (Å²) < 4.78 is 37.9. The van der Waals surface area contributed by atoms with Crippen molar-refractivity contribution in [2.75, 3.05) is 14.2 Å². The third-order valence-electron chi connectivity index (χ3n) is 5.16. The Kier molecular flexibility index (Phi) is 5.27. The van der Waals surface area contributed by atoms with Gasteiger partial charge in [0, 0.05) is 18.5 Å². The first kappa shape index (κ1) is 20.7. The molecule has 0 saturated heterocycles. The van der Waals surface area contributed by atoms with Gasteiger partial charge in [0.15, 0.2) is 9.84 Å². The first-order chi connectivity index (χ1) is 13.7. The van der Waals surface area contributed by atoms with Gasteiger partial charge in [-0.05, 0) is 18.2 Å². The van der Waals surface area contributed by atoms with Gasteiger partial charge in [-0.2, -0.15) is 0 Å². The van der Waals surface area contributed by atoms with Crippen LogP contribution in [0.5, 0.6) is 0 Å². The Morgan fingerprint density at radius 3 is 2.21 bits per heavy atom. The van der Waals surface area contributed by atoms with Gasteiger partial charge >= 0.3 is 11.9 Å². The molecule has 0 fully saturated rings. The normalized spacial score (nSPS) is 18.9. The van der Waals surface area contributed by atoms with E-state index in [0.29, 0.717) is 0 Å². The maximum atomic E-state index is 13.5. The molecule has 1 aliphatic rings. The van der Waals surface area contributed by atoms with E-state index in [-0.39, 0.29) is 27.4 Å². The molecule has 1 aromatic heterocycles. The van der Waals surface area contributed by atoms with Gasteiger partial charge in [-0.15, -0.1) is 0 Å². The summed E-state index contributed by atoms with van der Waals surface area (Å²) in [6.07, 6.45) is 0. The zero-order valence-corrected chi connectivity index (χ0v) is 17.2. The van der Waals surface area contributed by atoms with E-state index in [2.05, 4.69) is 0 Å². The number of hydrogen-bond acceptors (Lipinski definition) is 7. The summed E-state index contributed by atoms with van der Waals surface area (Å²) in [6, 6.07) is 9.19. The second-order valence-corrected chi connectivity index (χ2v) is 8.77. The number of esters is 2. The molecule has 0 spiro atoms. The van der Waals surface area contributed by atoms with Crippen LogP contribution in [0, 0.1) is 5.92 Å². The lowest BCUT2D eigenvalue weighted by Crippen LogP contribution is -2.30. The lowest BCUT2D eigenvalue weighted by atomic mass is 9.85. The molecule has 9 heteroatoms. The summed E-state index contributed by atoms with van der Waals surface area (Å²) in [5, 5.41) is 9.59. The Bertz CT molecular complexity index is 1110. The molecular weight excluding hydrogens is 398 g/mol. The number of benzene rings is 1. The molecule has 3 rings (SSSR count). The number of rotatable bonds is 4. The largest absolute Gasteiger partial charge is 0.505 e. The van der Waals surface area contributed by atoms with Crippen LogP contribution < -0.4 is 0 Å². The first-order valence-corrected chi connectivity index (χ1v) is 10.3. The number of carbonyl (C=O) groups is 2. The average molecular weight is 419 g/mol. The van der Waals surface area contributed by atoms with Crippen LogP contribution >= 0.6 is 0 Å². The Hall–Kier alpha value is -3.07. The fourth-order valence-corrected chi connectivity index (χ4v) is 5.81. The summed E-state index contributed by atoms with van der Waals surface area (Å²) in [7, 11) is -0.144. The first-order valence-electron chi connectivity index (χ1n) is 8.75. The molecule has 0 unspecified atom stereocenters. The molecule has 0 saturated carbocycles. The second kappa shape index (κ2) is 7.40.